The summed E-state index contributed by atoms with van der Waals surface area (Å²) in [6.45, 7) is 7.98. The number of ether oxygens (including phenoxy) is 2. The second kappa shape index (κ2) is 13.4. The maximum atomic E-state index is 12.6. The molecule has 0 spiro atoms. The molecule has 8 nitrogen and oxygen atoms in total. The van der Waals surface area contributed by atoms with Crippen molar-refractivity contribution in [2.45, 2.75) is 52.1 Å². The van der Waals surface area contributed by atoms with Crippen molar-refractivity contribution in [2.75, 3.05) is 26.2 Å². The summed E-state index contributed by atoms with van der Waals surface area (Å²) in [6, 6.07) is 5.70. The van der Waals surface area contributed by atoms with Gasteiger partial charge in [0.25, 0.3) is 0 Å². The molecule has 0 aromatic heterocycles. The predicted molar refractivity (Wildman–Crippen MR) is 106 cm³/mol. The van der Waals surface area contributed by atoms with Crippen LogP contribution < -0.4 is 34.3 Å². The second-order valence-electron chi connectivity index (χ2n) is 7.66. The number of halogens is 3. The van der Waals surface area contributed by atoms with E-state index in [0.717, 1.165) is 18.1 Å². The van der Waals surface area contributed by atoms with Crippen LogP contribution in [0.1, 0.15) is 31.9 Å². The van der Waals surface area contributed by atoms with Crippen LogP contribution in [0.2, 0.25) is 0 Å². The first kappa shape index (κ1) is 32.8. The van der Waals surface area contributed by atoms with Crippen LogP contribution in [0.25, 0.3) is 0 Å². The Kier molecular flexibility index (Phi) is 13.7. The van der Waals surface area contributed by atoms with Gasteiger partial charge in [-0.25, -0.2) is 11.1 Å². The summed E-state index contributed by atoms with van der Waals surface area (Å²) in [7, 11) is 0. The molecule has 1 aromatic rings. The van der Waals surface area contributed by atoms with E-state index in [1.54, 1.807) is 13.8 Å². The van der Waals surface area contributed by atoms with Crippen molar-refractivity contribution in [1.82, 2.24) is 9.80 Å². The van der Waals surface area contributed by atoms with Gasteiger partial charge in [-0.15, -0.1) is 0 Å². The number of rotatable bonds is 6. The quantitative estimate of drug-likeness (QED) is 0.405. The predicted octanol–water partition coefficient (Wildman–Crippen LogP) is -0.530. The summed E-state index contributed by atoms with van der Waals surface area (Å²) in [4.78, 5) is 26.3. The Hall–Kier alpha value is -1.37. The molecule has 12 heteroatoms. The Morgan fingerprint density at radius 2 is 1.75 bits per heavy atom. The molecule has 178 valence electrons. The average Bonchev–Trinajstić information content (AvgIpc) is 2.63. The maximum absolute atomic E-state index is 12.6. The molecule has 0 bridgehead atoms. The third kappa shape index (κ3) is 9.63. The van der Waals surface area contributed by atoms with Crippen LogP contribution in [-0.4, -0.2) is 77.2 Å². The van der Waals surface area contributed by atoms with Crippen LogP contribution in [0.3, 0.4) is 0 Å². The Balaban J connectivity index is 0. The molecule has 1 heterocycles. The van der Waals surface area contributed by atoms with E-state index in [0.29, 0.717) is 25.4 Å². The van der Waals surface area contributed by atoms with E-state index < -0.39 is 24.0 Å². The Morgan fingerprint density at radius 1 is 1.19 bits per heavy atom. The molecule has 3 N–H and O–H groups in total. The number of piperazine rings is 1. The molecule has 1 aromatic carbocycles. The SMILES string of the molecule is Cc1ccc(CN2CCN(C(=O)OC(C)C(F)(F)F)CC2)c(OC(C)(C)[C-]=O)c1.O.[Na+].[OH-]. The van der Waals surface area contributed by atoms with Crippen molar-refractivity contribution in [2.24, 2.45) is 0 Å². The Bertz CT molecular complexity index is 741. The normalized spacial score (nSPS) is 15.4. The van der Waals surface area contributed by atoms with E-state index in [-0.39, 0.29) is 53.6 Å². The van der Waals surface area contributed by atoms with Crippen molar-refractivity contribution < 1.29 is 72.7 Å². The second-order valence-corrected chi connectivity index (χ2v) is 7.66. The van der Waals surface area contributed by atoms with Gasteiger partial charge in [0.1, 0.15) is 5.75 Å². The van der Waals surface area contributed by atoms with Crippen molar-refractivity contribution in [3.05, 3.63) is 29.3 Å². The van der Waals surface area contributed by atoms with E-state index in [1.165, 1.54) is 4.90 Å². The molecule has 2 rings (SSSR count). The molecule has 1 amide bonds. The summed E-state index contributed by atoms with van der Waals surface area (Å²) in [5.41, 5.74) is 0.776. The number of carbonyl (C=O) groups excluding carboxylic acids is 2. The largest absolute Gasteiger partial charge is 1.00 e. The van der Waals surface area contributed by atoms with E-state index in [2.05, 4.69) is 9.64 Å². The molecule has 1 aliphatic heterocycles. The number of amides is 1. The standard InChI is InChI=1S/C20H26F3N2O4.Na.2H2O/c1-14-5-6-16(17(11-14)29-19(3,4)13-26)12-24-7-9-25(10-8-24)18(27)28-15(2)20(21,22)23;;;/h5-6,11,15H,7-10,12H2,1-4H3;;2*1H2/q-1;+1;;/p-1. The summed E-state index contributed by atoms with van der Waals surface area (Å²) < 4.78 is 47.9. The zero-order valence-corrected chi connectivity index (χ0v) is 21.0. The summed E-state index contributed by atoms with van der Waals surface area (Å²) in [5.74, 6) is 0.583. The van der Waals surface area contributed by atoms with Gasteiger partial charge in [-0.3, -0.25) is 4.90 Å². The van der Waals surface area contributed by atoms with Gasteiger partial charge in [0.15, 0.2) is 6.10 Å². The Morgan fingerprint density at radius 3 is 2.25 bits per heavy atom. The van der Waals surface area contributed by atoms with Gasteiger partial charge in [0, 0.05) is 43.9 Å². The molecule has 1 atom stereocenters. The molecule has 32 heavy (non-hydrogen) atoms. The minimum absolute atomic E-state index is 0. The minimum atomic E-state index is -4.58. The maximum Gasteiger partial charge on any atom is 1.00 e. The van der Waals surface area contributed by atoms with Gasteiger partial charge in [-0.2, -0.15) is 13.2 Å². The number of aryl methyl sites for hydroxylation is 1. The van der Waals surface area contributed by atoms with Crippen LogP contribution in [0.5, 0.6) is 5.75 Å². The monoisotopic (exact) mass is 473 g/mol. The molecule has 1 unspecified atom stereocenters. The smallest absolute Gasteiger partial charge is 0.870 e. The van der Waals surface area contributed by atoms with Gasteiger partial charge < -0.3 is 30.1 Å². The van der Waals surface area contributed by atoms with Crippen molar-refractivity contribution >= 4 is 12.4 Å². The van der Waals surface area contributed by atoms with Crippen LogP contribution in [-0.2, 0) is 16.1 Å². The van der Waals surface area contributed by atoms with Crippen LogP contribution in [0.4, 0.5) is 18.0 Å². The molecule has 1 aliphatic rings. The number of benzene rings is 1. The first-order chi connectivity index (χ1) is 13.4. The summed E-state index contributed by atoms with van der Waals surface area (Å²) in [6.07, 6.45) is -5.82. The van der Waals surface area contributed by atoms with E-state index in [4.69, 9.17) is 4.74 Å². The molecule has 1 fully saturated rings. The first-order valence-electron chi connectivity index (χ1n) is 9.34. The Labute approximate surface area is 207 Å². The van der Waals surface area contributed by atoms with E-state index in [1.807, 2.05) is 31.4 Å². The van der Waals surface area contributed by atoms with Crippen LogP contribution >= 0.6 is 0 Å². The topological polar surface area (TPSA) is 121 Å². The number of hydrogen-bond donors (Lipinski definition) is 0. The third-order valence-corrected chi connectivity index (χ3v) is 4.60. The first-order valence-corrected chi connectivity index (χ1v) is 9.34. The fraction of sp³-hybridized carbons (Fsp3) is 0.600. The van der Waals surface area contributed by atoms with Crippen LogP contribution in [0, 0.1) is 6.92 Å². The summed E-state index contributed by atoms with van der Waals surface area (Å²) >= 11 is 0. The zero-order valence-electron chi connectivity index (χ0n) is 19.0. The van der Waals surface area contributed by atoms with E-state index in [9.17, 15) is 22.8 Å². The van der Waals surface area contributed by atoms with Gasteiger partial charge in [-0.05, 0) is 25.5 Å². The van der Waals surface area contributed by atoms with Gasteiger partial charge >= 0.3 is 41.8 Å². The molecule has 0 radical (unpaired) electrons. The van der Waals surface area contributed by atoms with Gasteiger partial charge in [0.05, 0.1) is 0 Å². The molecule has 0 saturated carbocycles. The third-order valence-electron chi connectivity index (χ3n) is 4.60. The summed E-state index contributed by atoms with van der Waals surface area (Å²) in [5, 5.41) is 0. The van der Waals surface area contributed by atoms with E-state index >= 15 is 0 Å². The fourth-order valence-electron chi connectivity index (χ4n) is 2.81. The molecule has 1 saturated heterocycles. The average molecular weight is 473 g/mol. The zero-order chi connectivity index (χ0) is 21.8. The number of alkyl halides is 3. The number of nitrogens with zero attached hydrogens (tertiary/aromatic N) is 2. The van der Waals surface area contributed by atoms with Crippen molar-refractivity contribution in [1.29, 1.82) is 0 Å². The van der Waals surface area contributed by atoms with Gasteiger partial charge in [0.2, 0.25) is 0 Å². The van der Waals surface area contributed by atoms with Crippen molar-refractivity contribution in [3.63, 3.8) is 0 Å². The van der Waals surface area contributed by atoms with Crippen molar-refractivity contribution in [3.8, 4) is 5.75 Å². The van der Waals surface area contributed by atoms with Crippen LogP contribution in [0.15, 0.2) is 18.2 Å². The fourth-order valence-corrected chi connectivity index (χ4v) is 2.81. The molecular formula is C20H29F3N2NaO6-. The minimum Gasteiger partial charge on any atom is -0.870 e. The van der Waals surface area contributed by atoms with Gasteiger partial charge in [-0.1, -0.05) is 26.0 Å². The molecule has 0 aliphatic carbocycles. The number of hydrogen-bond acceptors (Lipinski definition) is 6. The number of carbonyl (C=O) groups is 1. The molecular weight excluding hydrogens is 444 g/mol.